The van der Waals surface area contributed by atoms with Gasteiger partial charge in [0.2, 0.25) is 0 Å². The van der Waals surface area contributed by atoms with Gasteiger partial charge >= 0.3 is 0 Å². The summed E-state index contributed by atoms with van der Waals surface area (Å²) in [5.74, 6) is 1.03. The summed E-state index contributed by atoms with van der Waals surface area (Å²) in [7, 11) is 0. The maximum Gasteiger partial charge on any atom is 0.269 e. The Labute approximate surface area is 131 Å². The Morgan fingerprint density at radius 2 is 2.05 bits per heavy atom. The maximum atomic E-state index is 11.0. The second kappa shape index (κ2) is 5.18. The van der Waals surface area contributed by atoms with Crippen LogP contribution >= 0.6 is 11.8 Å². The zero-order chi connectivity index (χ0) is 15.1. The Balaban J connectivity index is 1.85. The number of aromatic nitrogens is 1. The zero-order valence-corrected chi connectivity index (χ0v) is 12.6. The largest absolute Gasteiger partial charge is 0.357 e. The molecule has 2 heterocycles. The summed E-state index contributed by atoms with van der Waals surface area (Å²) in [6, 6.07) is 15.3. The number of nitrogens with one attached hydrogen (secondary N) is 1. The van der Waals surface area contributed by atoms with E-state index in [9.17, 15) is 10.1 Å². The number of aryl methyl sites for hydroxylation is 1. The number of benzene rings is 2. The van der Waals surface area contributed by atoms with E-state index in [-0.39, 0.29) is 15.9 Å². The van der Waals surface area contributed by atoms with Crippen molar-refractivity contribution in [2.75, 3.05) is 5.75 Å². The van der Waals surface area contributed by atoms with Gasteiger partial charge in [0.15, 0.2) is 0 Å². The molecule has 0 bridgehead atoms. The number of nitro groups is 1. The molecule has 0 saturated carbocycles. The van der Waals surface area contributed by atoms with Crippen molar-refractivity contribution in [3.63, 3.8) is 0 Å². The summed E-state index contributed by atoms with van der Waals surface area (Å²) in [5.41, 5.74) is 4.84. The number of nitrogens with zero attached hydrogens (tertiary/aromatic N) is 1. The highest BCUT2D eigenvalue weighted by Crippen LogP contribution is 2.44. The van der Waals surface area contributed by atoms with Gasteiger partial charge in [0.05, 0.1) is 10.2 Å². The van der Waals surface area contributed by atoms with Crippen molar-refractivity contribution < 1.29 is 4.92 Å². The molecule has 0 spiro atoms. The molecule has 0 aliphatic carbocycles. The lowest BCUT2D eigenvalue weighted by Crippen LogP contribution is -2.09. The zero-order valence-electron chi connectivity index (χ0n) is 11.8. The number of aromatic amines is 1. The van der Waals surface area contributed by atoms with Crippen LogP contribution in [-0.2, 0) is 6.42 Å². The molecule has 0 amide bonds. The molecule has 1 aliphatic rings. The number of para-hydroxylation sites is 1. The summed E-state index contributed by atoms with van der Waals surface area (Å²) in [5, 5.41) is 12.4. The SMILES string of the molecule is O=[N+]([O-])c1cccc(C2SCCc3c2[nH]c2ccccc32)c1. The van der Waals surface area contributed by atoms with E-state index in [4.69, 9.17) is 0 Å². The van der Waals surface area contributed by atoms with Gasteiger partial charge in [-0.3, -0.25) is 10.1 Å². The molecule has 1 atom stereocenters. The summed E-state index contributed by atoms with van der Waals surface area (Å²) in [6.45, 7) is 0. The average molecular weight is 310 g/mol. The van der Waals surface area contributed by atoms with Crippen LogP contribution in [0.3, 0.4) is 0 Å². The topological polar surface area (TPSA) is 58.9 Å². The van der Waals surface area contributed by atoms with Gasteiger partial charge < -0.3 is 4.98 Å². The molecule has 2 aromatic carbocycles. The Morgan fingerprint density at radius 1 is 1.18 bits per heavy atom. The molecule has 1 aliphatic heterocycles. The van der Waals surface area contributed by atoms with Crippen LogP contribution in [0.5, 0.6) is 0 Å². The van der Waals surface area contributed by atoms with Crippen molar-refractivity contribution in [2.45, 2.75) is 11.7 Å². The van der Waals surface area contributed by atoms with E-state index >= 15 is 0 Å². The van der Waals surface area contributed by atoms with Crippen LogP contribution < -0.4 is 0 Å². The van der Waals surface area contributed by atoms with Crippen LogP contribution in [0.2, 0.25) is 0 Å². The smallest absolute Gasteiger partial charge is 0.269 e. The normalized spacial score (nSPS) is 17.4. The summed E-state index contributed by atoms with van der Waals surface area (Å²) in [4.78, 5) is 14.2. The standard InChI is InChI=1S/C17H14N2O2S/c20-19(21)12-5-3-4-11(10-12)17-16-14(8-9-22-17)13-6-1-2-7-15(13)18-16/h1-7,10,17-18H,8-9H2. The molecule has 22 heavy (non-hydrogen) atoms. The minimum atomic E-state index is -0.330. The number of nitro benzene ring substituents is 1. The summed E-state index contributed by atoms with van der Waals surface area (Å²) >= 11 is 1.84. The van der Waals surface area contributed by atoms with Crippen molar-refractivity contribution in [1.29, 1.82) is 0 Å². The number of thioether (sulfide) groups is 1. The van der Waals surface area contributed by atoms with E-state index in [1.165, 1.54) is 16.6 Å². The number of hydrogen-bond donors (Lipinski definition) is 1. The third-order valence-electron chi connectivity index (χ3n) is 4.13. The molecule has 0 saturated heterocycles. The van der Waals surface area contributed by atoms with Crippen LogP contribution in [0.25, 0.3) is 10.9 Å². The number of fused-ring (bicyclic) bond motifs is 3. The molecule has 1 aromatic heterocycles. The van der Waals surface area contributed by atoms with Gasteiger partial charge in [0.1, 0.15) is 0 Å². The quantitative estimate of drug-likeness (QED) is 0.562. The molecule has 110 valence electrons. The predicted molar refractivity (Wildman–Crippen MR) is 89.4 cm³/mol. The number of rotatable bonds is 2. The molecule has 4 rings (SSSR count). The van der Waals surface area contributed by atoms with E-state index in [2.05, 4.69) is 23.2 Å². The van der Waals surface area contributed by atoms with Gasteiger partial charge in [0, 0.05) is 28.7 Å². The van der Waals surface area contributed by atoms with E-state index < -0.39 is 0 Å². The third kappa shape index (κ3) is 2.09. The van der Waals surface area contributed by atoms with E-state index in [0.717, 1.165) is 23.3 Å². The Hall–Kier alpha value is -2.27. The lowest BCUT2D eigenvalue weighted by atomic mass is 10.0. The number of hydrogen-bond acceptors (Lipinski definition) is 3. The third-order valence-corrected chi connectivity index (χ3v) is 5.41. The first-order valence-corrected chi connectivity index (χ1v) is 8.24. The van der Waals surface area contributed by atoms with Gasteiger partial charge in [-0.1, -0.05) is 30.3 Å². The van der Waals surface area contributed by atoms with E-state index in [0.29, 0.717) is 0 Å². The van der Waals surface area contributed by atoms with Gasteiger partial charge in [0.25, 0.3) is 5.69 Å². The molecule has 0 fully saturated rings. The first kappa shape index (κ1) is 13.4. The second-order valence-electron chi connectivity index (χ2n) is 5.42. The van der Waals surface area contributed by atoms with Crippen molar-refractivity contribution in [1.82, 2.24) is 4.98 Å². The van der Waals surface area contributed by atoms with Crippen molar-refractivity contribution in [3.8, 4) is 0 Å². The number of non-ortho nitro benzene ring substituents is 1. The van der Waals surface area contributed by atoms with Gasteiger partial charge in [-0.25, -0.2) is 0 Å². The Kier molecular flexibility index (Phi) is 3.15. The molecule has 5 heteroatoms. The van der Waals surface area contributed by atoms with Gasteiger partial charge in [-0.05, 0) is 29.4 Å². The second-order valence-corrected chi connectivity index (χ2v) is 6.63. The fourth-order valence-corrected chi connectivity index (χ4v) is 4.41. The monoisotopic (exact) mass is 310 g/mol. The Bertz CT molecular complexity index is 872. The van der Waals surface area contributed by atoms with Crippen LogP contribution in [0.1, 0.15) is 22.1 Å². The highest BCUT2D eigenvalue weighted by atomic mass is 32.2. The van der Waals surface area contributed by atoms with Crippen LogP contribution in [-0.4, -0.2) is 15.7 Å². The average Bonchev–Trinajstić information content (AvgIpc) is 2.93. The summed E-state index contributed by atoms with van der Waals surface area (Å²) < 4.78 is 0. The first-order chi connectivity index (χ1) is 10.7. The summed E-state index contributed by atoms with van der Waals surface area (Å²) in [6.07, 6.45) is 1.04. The first-order valence-electron chi connectivity index (χ1n) is 7.19. The molecule has 3 aromatic rings. The fraction of sp³-hybridized carbons (Fsp3) is 0.176. The highest BCUT2D eigenvalue weighted by molar-refractivity contribution is 7.99. The molecule has 1 unspecified atom stereocenters. The van der Waals surface area contributed by atoms with E-state index in [1.54, 1.807) is 18.2 Å². The molecular formula is C17H14N2O2S. The maximum absolute atomic E-state index is 11.0. The minimum absolute atomic E-state index is 0.135. The molecular weight excluding hydrogens is 296 g/mol. The van der Waals surface area contributed by atoms with Crippen LogP contribution in [0.15, 0.2) is 48.5 Å². The lowest BCUT2D eigenvalue weighted by molar-refractivity contribution is -0.384. The van der Waals surface area contributed by atoms with Crippen LogP contribution in [0.4, 0.5) is 5.69 Å². The molecule has 4 nitrogen and oxygen atoms in total. The molecule has 0 radical (unpaired) electrons. The number of H-pyrrole nitrogens is 1. The van der Waals surface area contributed by atoms with Gasteiger partial charge in [-0.2, -0.15) is 0 Å². The van der Waals surface area contributed by atoms with Gasteiger partial charge in [-0.15, -0.1) is 11.8 Å². The molecule has 1 N–H and O–H groups in total. The van der Waals surface area contributed by atoms with E-state index in [1.807, 2.05) is 23.9 Å². The minimum Gasteiger partial charge on any atom is -0.357 e. The van der Waals surface area contributed by atoms with Crippen molar-refractivity contribution in [2.24, 2.45) is 0 Å². The van der Waals surface area contributed by atoms with Crippen molar-refractivity contribution in [3.05, 3.63) is 75.5 Å². The van der Waals surface area contributed by atoms with Crippen LogP contribution in [0, 0.1) is 10.1 Å². The lowest BCUT2D eigenvalue weighted by Gasteiger charge is -2.22. The highest BCUT2D eigenvalue weighted by Gasteiger charge is 2.26. The fourth-order valence-electron chi connectivity index (χ4n) is 3.14. The predicted octanol–water partition coefficient (Wildman–Crippen LogP) is 4.45. The van der Waals surface area contributed by atoms with Crippen molar-refractivity contribution >= 4 is 28.4 Å². The Morgan fingerprint density at radius 3 is 2.91 bits per heavy atom.